The third kappa shape index (κ3) is 7.34. The Balaban J connectivity index is 1.39. The minimum atomic E-state index is -4.27. The third-order valence-corrected chi connectivity index (χ3v) is 8.43. The minimum Gasteiger partial charge on any atom is -0.490 e. The molecular weight excluding hydrogens is 655 g/mol. The summed E-state index contributed by atoms with van der Waals surface area (Å²) >= 11 is 12.4. The number of anilines is 1. The number of carbonyl (C=O) groups excluding carboxylic acids is 3. The molecule has 4 aromatic rings. The third-order valence-electron chi connectivity index (χ3n) is 6.66. The number of imide groups is 2. The second-order valence-electron chi connectivity index (χ2n) is 9.98. The molecule has 46 heavy (non-hydrogen) atoms. The van der Waals surface area contributed by atoms with Crippen LogP contribution in [0.1, 0.15) is 23.6 Å². The summed E-state index contributed by atoms with van der Waals surface area (Å²) in [6.45, 7) is 3.89. The van der Waals surface area contributed by atoms with Crippen LogP contribution in [0.2, 0.25) is 10.0 Å². The molecule has 1 saturated heterocycles. The van der Waals surface area contributed by atoms with Crippen LogP contribution >= 0.6 is 23.2 Å². The van der Waals surface area contributed by atoms with Gasteiger partial charge >= 0.3 is 16.1 Å². The molecule has 0 bridgehead atoms. The maximum atomic E-state index is 13.5. The monoisotopic (exact) mass is 680 g/mol. The lowest BCUT2D eigenvalue weighted by Crippen LogP contribution is -2.54. The van der Waals surface area contributed by atoms with Crippen LogP contribution in [0.4, 0.5) is 10.5 Å². The van der Waals surface area contributed by atoms with Crippen LogP contribution in [0.3, 0.4) is 0 Å². The molecule has 0 atom stereocenters. The van der Waals surface area contributed by atoms with E-state index in [0.29, 0.717) is 10.8 Å². The standard InChI is InChI=1S/C33H26Cl2N2O8S/c1-3-43-29-18-22(17-28(35)30(29)45-46(41,42)26-14-4-20(2)5-15-26)16-27-31(38)36-33(40)37(32(27)39)24-10-12-25(13-11-24)44-19-21-6-8-23(34)9-7-21/h4-18H,3,19H2,1-2H3,(H,36,38,40)/b27-16+. The van der Waals surface area contributed by atoms with Crippen LogP contribution in [-0.4, -0.2) is 32.9 Å². The molecule has 1 fully saturated rings. The van der Waals surface area contributed by atoms with E-state index in [-0.39, 0.29) is 51.5 Å². The molecule has 4 aromatic carbocycles. The summed E-state index contributed by atoms with van der Waals surface area (Å²) in [5.41, 5.74) is 1.79. The number of urea groups is 1. The molecule has 0 radical (unpaired) electrons. The number of barbiturate groups is 1. The summed E-state index contributed by atoms with van der Waals surface area (Å²) < 4.78 is 42.6. The van der Waals surface area contributed by atoms with Gasteiger partial charge in [-0.05, 0) is 91.7 Å². The number of carbonyl (C=O) groups is 3. The van der Waals surface area contributed by atoms with E-state index in [9.17, 15) is 22.8 Å². The number of hydrogen-bond donors (Lipinski definition) is 1. The molecule has 1 heterocycles. The van der Waals surface area contributed by atoms with E-state index >= 15 is 0 Å². The SMILES string of the molecule is CCOc1cc(/C=C2\C(=O)NC(=O)N(c3ccc(OCc4ccc(Cl)cc4)cc3)C2=O)cc(Cl)c1OS(=O)(=O)c1ccc(C)cc1. The predicted molar refractivity (Wildman–Crippen MR) is 173 cm³/mol. The van der Waals surface area contributed by atoms with Crippen LogP contribution in [-0.2, 0) is 26.3 Å². The van der Waals surface area contributed by atoms with Crippen molar-refractivity contribution in [3.05, 3.63) is 117 Å². The molecule has 0 unspecified atom stereocenters. The van der Waals surface area contributed by atoms with Crippen molar-refractivity contribution < 1.29 is 36.5 Å². The first-order chi connectivity index (χ1) is 21.9. The highest BCUT2D eigenvalue weighted by Gasteiger charge is 2.37. The van der Waals surface area contributed by atoms with Gasteiger partial charge in [0, 0.05) is 5.02 Å². The van der Waals surface area contributed by atoms with Crippen LogP contribution in [0.15, 0.2) is 95.4 Å². The molecule has 1 aliphatic rings. The average Bonchev–Trinajstić information content (AvgIpc) is 3.01. The highest BCUT2D eigenvalue weighted by atomic mass is 35.5. The van der Waals surface area contributed by atoms with E-state index in [1.807, 2.05) is 19.1 Å². The van der Waals surface area contributed by atoms with Gasteiger partial charge in [0.2, 0.25) is 5.75 Å². The number of amides is 4. The first-order valence-electron chi connectivity index (χ1n) is 13.8. The Morgan fingerprint density at radius 2 is 1.54 bits per heavy atom. The Kier molecular flexibility index (Phi) is 9.66. The largest absolute Gasteiger partial charge is 0.490 e. The molecule has 0 saturated carbocycles. The van der Waals surface area contributed by atoms with E-state index in [4.69, 9.17) is 36.9 Å². The molecular formula is C33H26Cl2N2O8S. The summed E-state index contributed by atoms with van der Waals surface area (Å²) in [6, 6.07) is 21.2. The van der Waals surface area contributed by atoms with E-state index in [1.165, 1.54) is 42.5 Å². The quantitative estimate of drug-likeness (QED) is 0.111. The smallest absolute Gasteiger partial charge is 0.339 e. The van der Waals surface area contributed by atoms with Gasteiger partial charge in [-0.25, -0.2) is 9.69 Å². The average molecular weight is 682 g/mol. The predicted octanol–water partition coefficient (Wildman–Crippen LogP) is 6.71. The van der Waals surface area contributed by atoms with E-state index in [2.05, 4.69) is 5.32 Å². The molecule has 4 amide bonds. The molecule has 1 N–H and O–H groups in total. The normalized spacial score (nSPS) is 14.3. The van der Waals surface area contributed by atoms with E-state index < -0.39 is 28.0 Å². The molecule has 13 heteroatoms. The summed E-state index contributed by atoms with van der Waals surface area (Å²) in [6.07, 6.45) is 1.22. The van der Waals surface area contributed by atoms with Gasteiger partial charge in [0.25, 0.3) is 11.8 Å². The van der Waals surface area contributed by atoms with Crippen LogP contribution in [0.5, 0.6) is 17.2 Å². The van der Waals surface area contributed by atoms with Crippen molar-refractivity contribution in [2.75, 3.05) is 11.5 Å². The minimum absolute atomic E-state index is 0.0386. The highest BCUT2D eigenvalue weighted by molar-refractivity contribution is 7.87. The Hall–Kier alpha value is -4.84. The topological polar surface area (TPSA) is 128 Å². The number of halogens is 2. The first-order valence-corrected chi connectivity index (χ1v) is 16.0. The van der Waals surface area contributed by atoms with Crippen molar-refractivity contribution in [1.29, 1.82) is 0 Å². The van der Waals surface area contributed by atoms with Gasteiger partial charge in [0.1, 0.15) is 22.8 Å². The fourth-order valence-electron chi connectivity index (χ4n) is 4.38. The van der Waals surface area contributed by atoms with Crippen molar-refractivity contribution in [1.82, 2.24) is 5.32 Å². The number of nitrogens with zero attached hydrogens (tertiary/aromatic N) is 1. The second kappa shape index (κ2) is 13.7. The summed E-state index contributed by atoms with van der Waals surface area (Å²) in [7, 11) is -4.27. The lowest BCUT2D eigenvalue weighted by atomic mass is 10.1. The fraction of sp³-hybridized carbons (Fsp3) is 0.121. The Morgan fingerprint density at radius 1 is 0.870 bits per heavy atom. The zero-order chi connectivity index (χ0) is 33.0. The van der Waals surface area contributed by atoms with Gasteiger partial charge in [-0.15, -0.1) is 0 Å². The van der Waals surface area contributed by atoms with Crippen LogP contribution in [0, 0.1) is 6.92 Å². The summed E-state index contributed by atoms with van der Waals surface area (Å²) in [4.78, 5) is 39.7. The lowest BCUT2D eigenvalue weighted by molar-refractivity contribution is -0.122. The number of rotatable bonds is 10. The maximum absolute atomic E-state index is 13.5. The molecule has 0 spiro atoms. The van der Waals surface area contributed by atoms with Crippen LogP contribution in [0.25, 0.3) is 6.08 Å². The maximum Gasteiger partial charge on any atom is 0.339 e. The van der Waals surface area contributed by atoms with Gasteiger partial charge in [-0.1, -0.05) is 53.0 Å². The summed E-state index contributed by atoms with van der Waals surface area (Å²) in [5, 5.41) is 2.62. The zero-order valence-electron chi connectivity index (χ0n) is 24.5. The molecule has 236 valence electrons. The van der Waals surface area contributed by atoms with E-state index in [1.54, 1.807) is 43.3 Å². The highest BCUT2D eigenvalue weighted by Crippen LogP contribution is 2.39. The Labute approximate surface area is 275 Å². The number of hydrogen-bond acceptors (Lipinski definition) is 8. The summed E-state index contributed by atoms with van der Waals surface area (Å²) in [5.74, 6) is -1.63. The van der Waals surface area contributed by atoms with Crippen molar-refractivity contribution in [3.8, 4) is 17.2 Å². The van der Waals surface area contributed by atoms with Crippen molar-refractivity contribution in [2.24, 2.45) is 0 Å². The number of ether oxygens (including phenoxy) is 2. The van der Waals surface area contributed by atoms with Gasteiger partial charge in [-0.3, -0.25) is 14.9 Å². The van der Waals surface area contributed by atoms with Crippen molar-refractivity contribution >= 4 is 62.9 Å². The molecule has 10 nitrogen and oxygen atoms in total. The molecule has 0 aromatic heterocycles. The Morgan fingerprint density at radius 3 is 2.20 bits per heavy atom. The molecule has 1 aliphatic heterocycles. The number of aryl methyl sites for hydroxylation is 1. The fourth-order valence-corrected chi connectivity index (χ4v) is 5.76. The van der Waals surface area contributed by atoms with E-state index in [0.717, 1.165) is 16.0 Å². The second-order valence-corrected chi connectivity index (χ2v) is 12.4. The number of nitrogens with one attached hydrogen (secondary N) is 1. The van der Waals surface area contributed by atoms with Gasteiger partial charge in [-0.2, -0.15) is 8.42 Å². The first kappa shape index (κ1) is 32.6. The lowest BCUT2D eigenvalue weighted by Gasteiger charge is -2.26. The molecule has 0 aliphatic carbocycles. The van der Waals surface area contributed by atoms with Crippen molar-refractivity contribution in [3.63, 3.8) is 0 Å². The molecule has 5 rings (SSSR count). The number of benzene rings is 4. The van der Waals surface area contributed by atoms with Gasteiger partial charge in [0.15, 0.2) is 5.75 Å². The van der Waals surface area contributed by atoms with Crippen molar-refractivity contribution in [2.45, 2.75) is 25.3 Å². The van der Waals surface area contributed by atoms with Gasteiger partial charge < -0.3 is 13.7 Å². The van der Waals surface area contributed by atoms with Crippen LogP contribution < -0.4 is 23.9 Å². The van der Waals surface area contributed by atoms with Gasteiger partial charge in [0.05, 0.1) is 17.3 Å². The zero-order valence-corrected chi connectivity index (χ0v) is 26.8. The Bertz CT molecular complexity index is 1940.